The number of carbonyl (C=O) groups is 1. The zero-order valence-corrected chi connectivity index (χ0v) is 17.2. The van der Waals surface area contributed by atoms with Gasteiger partial charge >= 0.3 is 0 Å². The highest BCUT2D eigenvalue weighted by molar-refractivity contribution is 5.95. The first kappa shape index (κ1) is 20.8. The standard InChI is InChI=1S/C24H23F2N3O2/c1-15(22-13-16-6-3-4-8-21(16)28-22)27-23(31-2)18-7-5-11-29(14-18)24(30)17-9-10-19(25)20(26)12-17/h3-4,6,8-10,12-13,18,28H,1,5,7,11,14H2,2H3/b27-23-/t18-/m0/s1. The number of hydrogen-bond donors (Lipinski definition) is 1. The molecule has 1 amide bonds. The smallest absolute Gasteiger partial charge is 0.253 e. The third kappa shape index (κ3) is 4.35. The molecular weight excluding hydrogens is 400 g/mol. The van der Waals surface area contributed by atoms with Crippen molar-refractivity contribution in [2.75, 3.05) is 20.2 Å². The van der Waals surface area contributed by atoms with Gasteiger partial charge in [-0.25, -0.2) is 13.8 Å². The topological polar surface area (TPSA) is 57.7 Å². The monoisotopic (exact) mass is 423 g/mol. The van der Waals surface area contributed by atoms with Crippen LogP contribution in [0.4, 0.5) is 8.78 Å². The van der Waals surface area contributed by atoms with E-state index in [1.54, 1.807) is 12.0 Å². The fourth-order valence-corrected chi connectivity index (χ4v) is 3.90. The van der Waals surface area contributed by atoms with Gasteiger partial charge in [-0.1, -0.05) is 24.8 Å². The summed E-state index contributed by atoms with van der Waals surface area (Å²) in [6.07, 6.45) is 1.55. The van der Waals surface area contributed by atoms with Crippen LogP contribution in [-0.2, 0) is 4.74 Å². The van der Waals surface area contributed by atoms with Crippen LogP contribution < -0.4 is 0 Å². The number of nitrogens with zero attached hydrogens (tertiary/aromatic N) is 2. The van der Waals surface area contributed by atoms with Gasteiger partial charge in [0.05, 0.1) is 24.4 Å². The lowest BCUT2D eigenvalue weighted by atomic mass is 9.97. The number of fused-ring (bicyclic) bond motifs is 1. The Balaban J connectivity index is 1.51. The van der Waals surface area contributed by atoms with Gasteiger partial charge in [0.2, 0.25) is 0 Å². The molecule has 1 saturated heterocycles. The summed E-state index contributed by atoms with van der Waals surface area (Å²) in [6, 6.07) is 13.1. The van der Waals surface area contributed by atoms with Gasteiger partial charge in [-0.15, -0.1) is 0 Å². The molecule has 1 aliphatic heterocycles. The molecule has 1 fully saturated rings. The molecule has 1 aliphatic rings. The lowest BCUT2D eigenvalue weighted by molar-refractivity contribution is 0.0694. The summed E-state index contributed by atoms with van der Waals surface area (Å²) in [5.74, 6) is -1.97. The van der Waals surface area contributed by atoms with E-state index in [1.807, 2.05) is 30.3 Å². The van der Waals surface area contributed by atoms with Gasteiger partial charge in [-0.05, 0) is 43.2 Å². The molecular formula is C24H23F2N3O2. The Morgan fingerprint density at radius 3 is 2.74 bits per heavy atom. The van der Waals surface area contributed by atoms with E-state index in [4.69, 9.17) is 4.74 Å². The van der Waals surface area contributed by atoms with E-state index >= 15 is 0 Å². The third-order valence-corrected chi connectivity index (χ3v) is 5.52. The van der Waals surface area contributed by atoms with Crippen LogP contribution in [-0.4, -0.2) is 41.9 Å². The van der Waals surface area contributed by atoms with Crippen molar-refractivity contribution in [3.8, 4) is 0 Å². The average Bonchev–Trinajstić information content (AvgIpc) is 3.23. The van der Waals surface area contributed by atoms with Gasteiger partial charge < -0.3 is 14.6 Å². The van der Waals surface area contributed by atoms with Crippen LogP contribution in [0, 0.1) is 17.6 Å². The predicted octanol–water partition coefficient (Wildman–Crippen LogP) is 5.01. The van der Waals surface area contributed by atoms with Gasteiger partial charge in [0, 0.05) is 29.6 Å². The maximum absolute atomic E-state index is 13.6. The number of H-pyrrole nitrogens is 1. The number of para-hydroxylation sites is 1. The zero-order valence-electron chi connectivity index (χ0n) is 17.2. The van der Waals surface area contributed by atoms with Crippen molar-refractivity contribution in [1.29, 1.82) is 0 Å². The van der Waals surface area contributed by atoms with Crippen LogP contribution >= 0.6 is 0 Å². The first-order valence-corrected chi connectivity index (χ1v) is 10.1. The summed E-state index contributed by atoms with van der Waals surface area (Å²) in [7, 11) is 1.55. The Morgan fingerprint density at radius 1 is 1.19 bits per heavy atom. The van der Waals surface area contributed by atoms with Gasteiger partial charge in [0.25, 0.3) is 5.91 Å². The van der Waals surface area contributed by atoms with E-state index in [2.05, 4.69) is 16.6 Å². The van der Waals surface area contributed by atoms with Crippen molar-refractivity contribution >= 4 is 28.4 Å². The fourth-order valence-electron chi connectivity index (χ4n) is 3.90. The predicted molar refractivity (Wildman–Crippen MR) is 117 cm³/mol. The molecule has 31 heavy (non-hydrogen) atoms. The number of methoxy groups -OCH3 is 1. The van der Waals surface area contributed by atoms with Gasteiger partial charge in [-0.3, -0.25) is 4.79 Å². The Morgan fingerprint density at radius 2 is 2.00 bits per heavy atom. The molecule has 1 N–H and O–H groups in total. The first-order valence-electron chi connectivity index (χ1n) is 10.1. The molecule has 160 valence electrons. The molecule has 2 heterocycles. The molecule has 0 bridgehead atoms. The summed E-state index contributed by atoms with van der Waals surface area (Å²) in [5, 5.41) is 1.06. The highest BCUT2D eigenvalue weighted by Gasteiger charge is 2.29. The third-order valence-electron chi connectivity index (χ3n) is 5.52. The number of halogens is 2. The summed E-state index contributed by atoms with van der Waals surface area (Å²) < 4.78 is 32.3. The number of hydrogen-bond acceptors (Lipinski definition) is 3. The number of carbonyl (C=O) groups excluding carboxylic acids is 1. The van der Waals surface area contributed by atoms with Gasteiger partial charge in [0.15, 0.2) is 17.5 Å². The van der Waals surface area contributed by atoms with Gasteiger partial charge in [0.1, 0.15) is 0 Å². The van der Waals surface area contributed by atoms with Crippen LogP contribution in [0.15, 0.2) is 60.1 Å². The van der Waals surface area contributed by atoms with E-state index < -0.39 is 11.6 Å². The molecule has 0 unspecified atom stereocenters. The van der Waals surface area contributed by atoms with Crippen molar-refractivity contribution in [3.63, 3.8) is 0 Å². The number of likely N-dealkylation sites (tertiary alicyclic amines) is 1. The van der Waals surface area contributed by atoms with Crippen LogP contribution in [0.5, 0.6) is 0 Å². The van der Waals surface area contributed by atoms with Crippen LogP contribution in [0.1, 0.15) is 28.9 Å². The summed E-state index contributed by atoms with van der Waals surface area (Å²) in [5.41, 5.74) is 2.45. The summed E-state index contributed by atoms with van der Waals surface area (Å²) in [4.78, 5) is 22.3. The van der Waals surface area contributed by atoms with Crippen molar-refractivity contribution in [3.05, 3.63) is 78.0 Å². The molecule has 7 heteroatoms. The summed E-state index contributed by atoms with van der Waals surface area (Å²) >= 11 is 0. The number of aromatic nitrogens is 1. The van der Waals surface area contributed by atoms with Crippen molar-refractivity contribution in [2.45, 2.75) is 12.8 Å². The minimum absolute atomic E-state index is 0.117. The number of aliphatic imine (C=N–C) groups is 1. The average molecular weight is 423 g/mol. The number of aromatic amines is 1. The first-order chi connectivity index (χ1) is 15.0. The maximum Gasteiger partial charge on any atom is 0.253 e. The minimum Gasteiger partial charge on any atom is -0.484 e. The maximum atomic E-state index is 13.6. The number of piperidine rings is 1. The van der Waals surface area contributed by atoms with Crippen molar-refractivity contribution in [1.82, 2.24) is 9.88 Å². The van der Waals surface area contributed by atoms with E-state index in [9.17, 15) is 13.6 Å². The molecule has 5 nitrogen and oxygen atoms in total. The zero-order chi connectivity index (χ0) is 22.0. The number of amides is 1. The molecule has 0 saturated carbocycles. The molecule has 3 aromatic rings. The highest BCUT2D eigenvalue weighted by atomic mass is 19.2. The highest BCUT2D eigenvalue weighted by Crippen LogP contribution is 2.25. The number of ether oxygens (including phenoxy) is 1. The molecule has 0 spiro atoms. The second-order valence-corrected chi connectivity index (χ2v) is 7.59. The Bertz CT molecular complexity index is 1140. The van der Waals surface area contributed by atoms with E-state index in [1.165, 1.54) is 6.07 Å². The second kappa shape index (κ2) is 8.71. The lowest BCUT2D eigenvalue weighted by Crippen LogP contribution is -2.42. The lowest BCUT2D eigenvalue weighted by Gasteiger charge is -2.32. The Labute approximate surface area is 179 Å². The molecule has 1 aromatic heterocycles. The van der Waals surface area contributed by atoms with E-state index in [-0.39, 0.29) is 17.4 Å². The minimum atomic E-state index is -1.03. The van der Waals surface area contributed by atoms with Crippen LogP contribution in [0.3, 0.4) is 0 Å². The fraction of sp³-hybridized carbons (Fsp3) is 0.250. The second-order valence-electron chi connectivity index (χ2n) is 7.59. The van der Waals surface area contributed by atoms with Crippen molar-refractivity contribution < 1.29 is 18.3 Å². The van der Waals surface area contributed by atoms with Crippen LogP contribution in [0.25, 0.3) is 16.6 Å². The Hall–Kier alpha value is -3.48. The summed E-state index contributed by atoms with van der Waals surface area (Å²) in [6.45, 7) is 4.98. The van der Waals surface area contributed by atoms with E-state index in [0.29, 0.717) is 24.7 Å². The SMILES string of the molecule is C=C(/N=C(\OC)[C@H]1CCCN(C(=O)c2ccc(F)c(F)c2)C1)c1cc2ccccc2[nH]1. The number of benzene rings is 2. The van der Waals surface area contributed by atoms with Gasteiger partial charge in [-0.2, -0.15) is 0 Å². The molecule has 4 rings (SSSR count). The normalized spacial score (nSPS) is 17.1. The van der Waals surface area contributed by atoms with E-state index in [0.717, 1.165) is 41.6 Å². The van der Waals surface area contributed by atoms with Crippen molar-refractivity contribution in [2.24, 2.45) is 10.9 Å². The number of nitrogens with one attached hydrogen (secondary N) is 1. The Kier molecular flexibility index (Phi) is 5.84. The largest absolute Gasteiger partial charge is 0.484 e. The molecule has 2 aromatic carbocycles. The number of rotatable bonds is 4. The van der Waals surface area contributed by atoms with Crippen LogP contribution in [0.2, 0.25) is 0 Å². The quantitative estimate of drug-likeness (QED) is 0.474. The molecule has 0 aliphatic carbocycles. The molecule has 1 atom stereocenters. The molecule has 0 radical (unpaired) electrons.